The molecule has 21 heavy (non-hydrogen) atoms. The molecule has 0 spiro atoms. The van der Waals surface area contributed by atoms with Gasteiger partial charge in [-0.25, -0.2) is 9.67 Å². The zero-order valence-corrected chi connectivity index (χ0v) is 12.3. The highest BCUT2D eigenvalue weighted by Crippen LogP contribution is 2.29. The molecular formula is C15H20F2N4. The number of rotatable bonds is 7. The van der Waals surface area contributed by atoms with Crippen molar-refractivity contribution in [1.82, 2.24) is 20.1 Å². The van der Waals surface area contributed by atoms with E-state index < -0.39 is 12.5 Å². The zero-order chi connectivity index (χ0) is 15.3. The second-order valence-electron chi connectivity index (χ2n) is 5.43. The molecule has 0 saturated heterocycles. The SMILES string of the molecule is CC(C)CNCc1ncnn1CC(F)(F)c1ccccc1. The molecule has 114 valence electrons. The Kier molecular flexibility index (Phi) is 5.01. The first-order valence-corrected chi connectivity index (χ1v) is 7.00. The third kappa shape index (κ3) is 4.32. The van der Waals surface area contributed by atoms with Crippen molar-refractivity contribution in [3.63, 3.8) is 0 Å². The van der Waals surface area contributed by atoms with Crippen molar-refractivity contribution in [2.24, 2.45) is 5.92 Å². The van der Waals surface area contributed by atoms with Gasteiger partial charge in [-0.1, -0.05) is 44.2 Å². The number of benzene rings is 1. The van der Waals surface area contributed by atoms with Gasteiger partial charge in [0.2, 0.25) is 0 Å². The van der Waals surface area contributed by atoms with Crippen LogP contribution in [0.5, 0.6) is 0 Å². The predicted octanol–water partition coefficient (Wildman–Crippen LogP) is 2.82. The van der Waals surface area contributed by atoms with Crippen LogP contribution in [0.25, 0.3) is 0 Å². The minimum atomic E-state index is -2.97. The summed E-state index contributed by atoms with van der Waals surface area (Å²) in [6.07, 6.45) is 1.31. The van der Waals surface area contributed by atoms with Crippen molar-refractivity contribution in [2.45, 2.75) is 32.9 Å². The molecule has 0 atom stereocenters. The van der Waals surface area contributed by atoms with E-state index in [-0.39, 0.29) is 5.56 Å². The summed E-state index contributed by atoms with van der Waals surface area (Å²) in [6.45, 7) is 4.91. The smallest absolute Gasteiger partial charge is 0.292 e. The average Bonchev–Trinajstić information content (AvgIpc) is 2.86. The minimum Gasteiger partial charge on any atom is -0.310 e. The Bertz CT molecular complexity index is 552. The third-order valence-electron chi connectivity index (χ3n) is 3.08. The highest BCUT2D eigenvalue weighted by atomic mass is 19.3. The molecule has 1 aromatic carbocycles. The van der Waals surface area contributed by atoms with Gasteiger partial charge in [-0.2, -0.15) is 13.9 Å². The molecule has 0 radical (unpaired) electrons. The van der Waals surface area contributed by atoms with Crippen molar-refractivity contribution in [3.05, 3.63) is 48.0 Å². The van der Waals surface area contributed by atoms with E-state index in [1.54, 1.807) is 18.2 Å². The molecule has 1 N–H and O–H groups in total. The van der Waals surface area contributed by atoms with E-state index in [0.717, 1.165) is 6.54 Å². The summed E-state index contributed by atoms with van der Waals surface area (Å²) in [5.74, 6) is -1.96. The lowest BCUT2D eigenvalue weighted by molar-refractivity contribution is -0.0263. The lowest BCUT2D eigenvalue weighted by atomic mass is 10.1. The molecule has 1 heterocycles. The zero-order valence-electron chi connectivity index (χ0n) is 12.3. The van der Waals surface area contributed by atoms with Crippen LogP contribution in [0.3, 0.4) is 0 Å². The molecule has 0 aliphatic rings. The van der Waals surface area contributed by atoms with Gasteiger partial charge in [0, 0.05) is 5.56 Å². The Morgan fingerprint density at radius 1 is 1.24 bits per heavy atom. The van der Waals surface area contributed by atoms with Gasteiger partial charge in [-0.3, -0.25) is 0 Å². The first-order valence-electron chi connectivity index (χ1n) is 7.00. The summed E-state index contributed by atoms with van der Waals surface area (Å²) in [6, 6.07) is 7.78. The number of hydrogen-bond acceptors (Lipinski definition) is 3. The maximum Gasteiger partial charge on any atom is 0.292 e. The van der Waals surface area contributed by atoms with E-state index >= 15 is 0 Å². The lowest BCUT2D eigenvalue weighted by Gasteiger charge is -2.18. The summed E-state index contributed by atoms with van der Waals surface area (Å²) in [5, 5.41) is 7.10. The largest absolute Gasteiger partial charge is 0.310 e. The summed E-state index contributed by atoms with van der Waals surface area (Å²) < 4.78 is 29.7. The fraction of sp³-hybridized carbons (Fsp3) is 0.467. The van der Waals surface area contributed by atoms with Crippen LogP contribution in [0.15, 0.2) is 36.7 Å². The summed E-state index contributed by atoms with van der Waals surface area (Å²) in [5.41, 5.74) is -0.0124. The highest BCUT2D eigenvalue weighted by Gasteiger charge is 2.33. The lowest BCUT2D eigenvalue weighted by Crippen LogP contribution is -2.26. The Labute approximate surface area is 123 Å². The van der Waals surface area contributed by atoms with Crippen molar-refractivity contribution in [1.29, 1.82) is 0 Å². The van der Waals surface area contributed by atoms with E-state index in [1.165, 1.54) is 23.1 Å². The van der Waals surface area contributed by atoms with Crippen LogP contribution in [0, 0.1) is 5.92 Å². The van der Waals surface area contributed by atoms with Crippen LogP contribution >= 0.6 is 0 Å². The molecule has 2 rings (SSSR count). The van der Waals surface area contributed by atoms with Crippen LogP contribution < -0.4 is 5.32 Å². The monoisotopic (exact) mass is 294 g/mol. The standard InChI is InChI=1S/C15H20F2N4/c1-12(2)8-18-9-14-19-11-20-21(14)10-15(16,17)13-6-4-3-5-7-13/h3-7,11-12,18H,8-10H2,1-2H3. The molecule has 0 fully saturated rings. The highest BCUT2D eigenvalue weighted by molar-refractivity contribution is 5.19. The first kappa shape index (κ1) is 15.6. The number of halogens is 2. The first-order chi connectivity index (χ1) is 9.99. The maximum absolute atomic E-state index is 14.2. The van der Waals surface area contributed by atoms with Crippen molar-refractivity contribution in [2.75, 3.05) is 6.54 Å². The quantitative estimate of drug-likeness (QED) is 0.854. The van der Waals surface area contributed by atoms with Gasteiger partial charge >= 0.3 is 0 Å². The molecule has 4 nitrogen and oxygen atoms in total. The van der Waals surface area contributed by atoms with Crippen molar-refractivity contribution < 1.29 is 8.78 Å². The van der Waals surface area contributed by atoms with E-state index in [2.05, 4.69) is 29.2 Å². The fourth-order valence-electron chi connectivity index (χ4n) is 1.99. The Morgan fingerprint density at radius 3 is 2.62 bits per heavy atom. The number of aromatic nitrogens is 3. The van der Waals surface area contributed by atoms with Crippen LogP contribution in [0.2, 0.25) is 0 Å². The van der Waals surface area contributed by atoms with E-state index in [9.17, 15) is 8.78 Å². The molecule has 0 aliphatic carbocycles. The summed E-state index contributed by atoms with van der Waals surface area (Å²) >= 11 is 0. The predicted molar refractivity (Wildman–Crippen MR) is 76.9 cm³/mol. The summed E-state index contributed by atoms with van der Waals surface area (Å²) in [7, 11) is 0. The van der Waals surface area contributed by atoms with Gasteiger partial charge in [0.1, 0.15) is 18.7 Å². The molecular weight excluding hydrogens is 274 g/mol. The van der Waals surface area contributed by atoms with Gasteiger partial charge in [0.05, 0.1) is 6.54 Å². The number of nitrogens with zero attached hydrogens (tertiary/aromatic N) is 3. The van der Waals surface area contributed by atoms with Gasteiger partial charge in [-0.05, 0) is 12.5 Å². The molecule has 2 aromatic rings. The molecule has 0 aliphatic heterocycles. The van der Waals surface area contributed by atoms with Crippen molar-refractivity contribution >= 4 is 0 Å². The molecule has 1 aromatic heterocycles. The van der Waals surface area contributed by atoms with Gasteiger partial charge in [0.15, 0.2) is 0 Å². The molecule has 0 bridgehead atoms. The number of alkyl halides is 2. The molecule has 6 heteroatoms. The normalized spacial score (nSPS) is 12.0. The second kappa shape index (κ2) is 6.76. The second-order valence-corrected chi connectivity index (χ2v) is 5.43. The van der Waals surface area contributed by atoms with Gasteiger partial charge in [0.25, 0.3) is 5.92 Å². The van der Waals surface area contributed by atoms with Gasteiger partial charge in [-0.15, -0.1) is 0 Å². The number of hydrogen-bond donors (Lipinski definition) is 1. The third-order valence-corrected chi connectivity index (χ3v) is 3.08. The topological polar surface area (TPSA) is 42.7 Å². The molecule has 0 saturated carbocycles. The fourth-order valence-corrected chi connectivity index (χ4v) is 1.99. The Morgan fingerprint density at radius 2 is 1.95 bits per heavy atom. The molecule has 0 unspecified atom stereocenters. The van der Waals surface area contributed by atoms with Crippen LogP contribution in [-0.4, -0.2) is 21.3 Å². The minimum absolute atomic E-state index is 0.0124. The van der Waals surface area contributed by atoms with E-state index in [4.69, 9.17) is 0 Å². The van der Waals surface area contributed by atoms with Crippen molar-refractivity contribution in [3.8, 4) is 0 Å². The molecule has 0 amide bonds. The average molecular weight is 294 g/mol. The Balaban J connectivity index is 2.04. The Hall–Kier alpha value is -1.82. The number of nitrogens with one attached hydrogen (secondary N) is 1. The van der Waals surface area contributed by atoms with E-state index in [1.807, 2.05) is 0 Å². The van der Waals surface area contributed by atoms with Crippen LogP contribution in [0.1, 0.15) is 25.2 Å². The van der Waals surface area contributed by atoms with Crippen LogP contribution in [0.4, 0.5) is 8.78 Å². The maximum atomic E-state index is 14.2. The van der Waals surface area contributed by atoms with E-state index in [0.29, 0.717) is 18.3 Å². The van der Waals surface area contributed by atoms with Crippen LogP contribution in [-0.2, 0) is 19.0 Å². The van der Waals surface area contributed by atoms with Gasteiger partial charge < -0.3 is 5.32 Å². The summed E-state index contributed by atoms with van der Waals surface area (Å²) in [4.78, 5) is 4.05.